The lowest BCUT2D eigenvalue weighted by Crippen LogP contribution is -2.24. The molecule has 1 aliphatic rings. The first-order valence-corrected chi connectivity index (χ1v) is 17.9. The first-order valence-electron chi connectivity index (χ1n) is 17.9. The number of hydrogen-bond acceptors (Lipinski definition) is 6. The zero-order chi connectivity index (χ0) is 36.9. The van der Waals surface area contributed by atoms with Crippen LogP contribution in [0.25, 0.3) is 32.7 Å². The number of nitrogens with one attached hydrogen (secondary N) is 6. The normalized spacial score (nSPS) is 13.9. The average Bonchev–Trinajstić information content (AvgIpc) is 3.98. The summed E-state index contributed by atoms with van der Waals surface area (Å²) >= 11 is 0. The van der Waals surface area contributed by atoms with Crippen molar-refractivity contribution in [2.24, 2.45) is 0 Å². The summed E-state index contributed by atoms with van der Waals surface area (Å²) in [4.78, 5) is 42.6. The predicted octanol–water partition coefficient (Wildman–Crippen LogP) is 6.13. The number of rotatable bonds is 10. The number of aromatic amines is 6. The number of benzene rings is 5. The second kappa shape index (κ2) is 13.2. The van der Waals surface area contributed by atoms with Gasteiger partial charge in [0.1, 0.15) is 0 Å². The molecule has 1 aliphatic heterocycles. The number of H-pyrrole nitrogens is 6. The summed E-state index contributed by atoms with van der Waals surface area (Å²) in [5, 5.41) is 21.5. The molecule has 0 radical (unpaired) electrons. The minimum Gasteiger partial charge on any atom is -0.369 e. The van der Waals surface area contributed by atoms with E-state index in [1.807, 2.05) is 7.05 Å². The van der Waals surface area contributed by atoms with Crippen LogP contribution in [0.1, 0.15) is 34.1 Å². The minimum absolute atomic E-state index is 0.0420. The van der Waals surface area contributed by atoms with E-state index in [4.69, 9.17) is 0 Å². The van der Waals surface area contributed by atoms with Crippen molar-refractivity contribution in [2.75, 3.05) is 35.3 Å². The van der Waals surface area contributed by atoms with Crippen molar-refractivity contribution in [3.8, 4) is 11.1 Å². The highest BCUT2D eigenvalue weighted by atomic mass is 16.1. The summed E-state index contributed by atoms with van der Waals surface area (Å²) in [6, 6.07) is 37.3. The molecule has 0 saturated carbocycles. The Labute approximate surface area is 309 Å². The summed E-state index contributed by atoms with van der Waals surface area (Å²) in [5.74, 6) is 0.0420. The van der Waals surface area contributed by atoms with Crippen LogP contribution < -0.4 is 31.4 Å². The molecule has 1 atom stereocenters. The van der Waals surface area contributed by atoms with Crippen molar-refractivity contribution in [2.45, 2.75) is 25.6 Å². The van der Waals surface area contributed by atoms with Crippen LogP contribution in [-0.2, 0) is 19.6 Å². The maximum absolute atomic E-state index is 12.2. The average molecular weight is 718 g/mol. The third kappa shape index (κ3) is 6.07. The topological polar surface area (TPSA) is 156 Å². The fourth-order valence-electron chi connectivity index (χ4n) is 8.11. The van der Waals surface area contributed by atoms with Gasteiger partial charge in [-0.25, -0.2) is 0 Å². The van der Waals surface area contributed by atoms with E-state index in [1.165, 1.54) is 11.1 Å². The molecule has 8 aromatic rings. The van der Waals surface area contributed by atoms with E-state index in [2.05, 4.69) is 143 Å². The Kier molecular flexibility index (Phi) is 8.07. The third-order valence-electron chi connectivity index (χ3n) is 10.6. The third-order valence-corrected chi connectivity index (χ3v) is 10.6. The minimum atomic E-state index is -0.165. The number of hydrogen-bond donors (Lipinski definition) is 6. The van der Waals surface area contributed by atoms with Gasteiger partial charge in [-0.05, 0) is 62.7 Å². The number of nitrogens with zero attached hydrogens (tertiary/aromatic N) is 3. The first-order chi connectivity index (χ1) is 26.3. The Morgan fingerprint density at radius 1 is 0.593 bits per heavy atom. The van der Waals surface area contributed by atoms with Crippen LogP contribution in [-0.4, -0.2) is 51.2 Å². The lowest BCUT2D eigenvalue weighted by molar-refractivity contribution is 0.754. The van der Waals surface area contributed by atoms with E-state index < -0.39 is 0 Å². The molecule has 12 nitrogen and oxygen atoms in total. The number of aromatic nitrogens is 6. The fourth-order valence-corrected chi connectivity index (χ4v) is 8.11. The van der Waals surface area contributed by atoms with Crippen LogP contribution in [0, 0.1) is 0 Å². The maximum atomic E-state index is 12.2. The second-order valence-electron chi connectivity index (χ2n) is 14.2. The Morgan fingerprint density at radius 2 is 1.24 bits per heavy atom. The summed E-state index contributed by atoms with van der Waals surface area (Å²) in [5.41, 5.74) is 9.79. The molecule has 0 fully saturated rings. The van der Waals surface area contributed by atoms with Crippen molar-refractivity contribution in [3.05, 3.63) is 168 Å². The van der Waals surface area contributed by atoms with Crippen LogP contribution >= 0.6 is 0 Å². The van der Waals surface area contributed by atoms with Crippen LogP contribution in [0.3, 0.4) is 0 Å². The molecule has 0 spiro atoms. The van der Waals surface area contributed by atoms with Gasteiger partial charge in [-0.2, -0.15) is 0 Å². The second-order valence-corrected chi connectivity index (χ2v) is 14.2. The van der Waals surface area contributed by atoms with Crippen molar-refractivity contribution in [1.82, 2.24) is 30.6 Å². The van der Waals surface area contributed by atoms with Gasteiger partial charge in [0.15, 0.2) is 0 Å². The molecule has 54 heavy (non-hydrogen) atoms. The largest absolute Gasteiger partial charge is 0.369 e. The quantitative estimate of drug-likeness (QED) is 0.1000. The molecule has 1 unspecified atom stereocenters. The van der Waals surface area contributed by atoms with Crippen molar-refractivity contribution in [3.63, 3.8) is 0 Å². The van der Waals surface area contributed by atoms with Crippen LogP contribution in [0.4, 0.5) is 17.1 Å². The van der Waals surface area contributed by atoms with Gasteiger partial charge in [0.25, 0.3) is 16.7 Å². The summed E-state index contributed by atoms with van der Waals surface area (Å²) in [6.07, 6.45) is 0. The molecule has 0 amide bonds. The van der Waals surface area contributed by atoms with E-state index in [-0.39, 0.29) is 22.6 Å². The number of para-hydroxylation sites is 1. The SMILES string of the molecule is CN(Cc1cc(=O)[nH][nH]1)c1cc(-c2ccc3ccc(C4CN(Cc5cc(=O)[nH][nH]5)c5ccccc54)c(N(C)Cc4cc(=O)[nH][nH]4)c3c2)c2ccccc2c1. The summed E-state index contributed by atoms with van der Waals surface area (Å²) in [6.45, 7) is 2.32. The molecule has 3 aromatic heterocycles. The summed E-state index contributed by atoms with van der Waals surface area (Å²) < 4.78 is 0. The smallest absolute Gasteiger partial charge is 0.264 e. The zero-order valence-corrected chi connectivity index (χ0v) is 29.9. The van der Waals surface area contributed by atoms with Crippen LogP contribution in [0.2, 0.25) is 0 Å². The molecular formula is C42H39N9O3. The molecule has 9 rings (SSSR count). The van der Waals surface area contributed by atoms with Crippen LogP contribution in [0.15, 0.2) is 124 Å². The highest BCUT2D eigenvalue weighted by Crippen LogP contribution is 2.46. The van der Waals surface area contributed by atoms with E-state index in [0.29, 0.717) is 19.6 Å². The van der Waals surface area contributed by atoms with Gasteiger partial charge in [0.2, 0.25) is 0 Å². The van der Waals surface area contributed by atoms with Gasteiger partial charge < -0.3 is 30.0 Å². The lowest BCUT2D eigenvalue weighted by Gasteiger charge is -2.28. The van der Waals surface area contributed by atoms with Gasteiger partial charge in [0, 0.05) is 67.2 Å². The van der Waals surface area contributed by atoms with Gasteiger partial charge in [-0.15, -0.1) is 0 Å². The van der Waals surface area contributed by atoms with Crippen molar-refractivity contribution in [1.29, 1.82) is 0 Å². The molecular weight excluding hydrogens is 679 g/mol. The monoisotopic (exact) mass is 717 g/mol. The number of fused-ring (bicyclic) bond motifs is 3. The molecule has 12 heteroatoms. The van der Waals surface area contributed by atoms with E-state index in [0.717, 1.165) is 73.4 Å². The fraction of sp³-hybridized carbons (Fsp3) is 0.167. The Morgan fingerprint density at radius 3 is 1.96 bits per heavy atom. The molecule has 5 aromatic carbocycles. The first kappa shape index (κ1) is 32.9. The summed E-state index contributed by atoms with van der Waals surface area (Å²) in [7, 11) is 4.11. The lowest BCUT2D eigenvalue weighted by atomic mass is 9.88. The Bertz CT molecular complexity index is 2840. The zero-order valence-electron chi connectivity index (χ0n) is 29.9. The van der Waals surface area contributed by atoms with Gasteiger partial charge in [-0.1, -0.05) is 66.7 Å². The van der Waals surface area contributed by atoms with Gasteiger partial charge in [-0.3, -0.25) is 29.7 Å². The Hall–Kier alpha value is -6.95. The van der Waals surface area contributed by atoms with E-state index in [9.17, 15) is 14.4 Å². The van der Waals surface area contributed by atoms with Crippen LogP contribution in [0.5, 0.6) is 0 Å². The van der Waals surface area contributed by atoms with E-state index >= 15 is 0 Å². The Balaban J connectivity index is 1.19. The highest BCUT2D eigenvalue weighted by Gasteiger charge is 2.32. The van der Waals surface area contributed by atoms with Gasteiger partial charge in [0.05, 0.1) is 36.7 Å². The van der Waals surface area contributed by atoms with Crippen molar-refractivity contribution < 1.29 is 0 Å². The standard InChI is InChI=1S/C42H39N9O3/c1-49(21-28-17-39(52)46-43-28)31-15-26-7-3-4-8-32(26)35(20-31)27-12-11-25-13-14-34(42(36(25)16-27)50(2)22-29-18-40(53)47-44-29)37-24-51(23-30-19-41(54)48-45-30)38-10-6-5-9-33(37)38/h3-20,37H,21-24H2,1-2H3,(H2,43,46,52)(H2,44,47,53)(H2,45,48,54). The maximum Gasteiger partial charge on any atom is 0.264 e. The van der Waals surface area contributed by atoms with E-state index in [1.54, 1.807) is 18.2 Å². The molecule has 270 valence electrons. The van der Waals surface area contributed by atoms with Crippen molar-refractivity contribution >= 4 is 38.6 Å². The molecule has 0 aliphatic carbocycles. The molecule has 6 N–H and O–H groups in total. The molecule has 4 heterocycles. The predicted molar refractivity (Wildman–Crippen MR) is 215 cm³/mol. The molecule has 0 saturated heterocycles. The molecule has 0 bridgehead atoms. The number of anilines is 3. The van der Waals surface area contributed by atoms with Gasteiger partial charge >= 0.3 is 0 Å². The highest BCUT2D eigenvalue weighted by molar-refractivity contribution is 6.04.